The molecule has 0 N–H and O–H groups in total. The third kappa shape index (κ3) is 5.40. The summed E-state index contributed by atoms with van der Waals surface area (Å²) in [5, 5.41) is 0. The molecule has 2 fully saturated rings. The molecule has 2 aromatic rings. The molecule has 2 heterocycles. The minimum absolute atomic E-state index is 0.00358. The fourth-order valence-electron chi connectivity index (χ4n) is 5.36. The maximum atomic E-state index is 13.6. The van der Waals surface area contributed by atoms with E-state index in [4.69, 9.17) is 0 Å². The van der Waals surface area contributed by atoms with E-state index in [9.17, 15) is 35.9 Å². The molecule has 0 bridgehead atoms. The lowest BCUT2D eigenvalue weighted by Crippen LogP contribution is -2.57. The molecule has 11 heteroatoms. The summed E-state index contributed by atoms with van der Waals surface area (Å²) >= 11 is 0. The number of amides is 3. The largest absolute Gasteiger partial charge is 0.416 e. The van der Waals surface area contributed by atoms with E-state index in [1.54, 1.807) is 9.80 Å². The summed E-state index contributed by atoms with van der Waals surface area (Å²) in [7, 11) is 1.35. The normalized spacial score (nSPS) is 20.3. The van der Waals surface area contributed by atoms with Gasteiger partial charge in [0.05, 0.1) is 23.2 Å². The topological polar surface area (TPSA) is 43.9 Å². The van der Waals surface area contributed by atoms with Gasteiger partial charge in [0, 0.05) is 33.1 Å². The maximum Gasteiger partial charge on any atom is 0.416 e. The van der Waals surface area contributed by atoms with Crippen LogP contribution in [-0.2, 0) is 23.7 Å². The molecule has 0 radical (unpaired) electrons. The molecule has 2 aromatic carbocycles. The molecule has 200 valence electrons. The van der Waals surface area contributed by atoms with Crippen molar-refractivity contribution < 1.29 is 35.9 Å². The lowest BCUT2D eigenvalue weighted by molar-refractivity contribution is -0.143. The Hall–Kier alpha value is -3.24. The molecule has 2 atom stereocenters. The van der Waals surface area contributed by atoms with Crippen LogP contribution in [0.4, 0.5) is 31.1 Å². The number of carbonyl (C=O) groups is 2. The summed E-state index contributed by atoms with van der Waals surface area (Å²) in [6.07, 6.45) is -9.04. The standard InChI is InChI=1S/C26H27F6N3O2/c1-15-4-5-20(16(2)10-15)23-21-6-7-22(36)34(21)8-9-35(23)24(37)33(3)14-17-11-18(25(27,28)29)13-19(12-17)26(30,31)32/h4-5,10-13,21,23H,6-9,14H2,1-3H3/t21-,23?/m0/s1. The molecular weight excluding hydrogens is 500 g/mol. The van der Waals surface area contributed by atoms with Crippen molar-refractivity contribution in [3.8, 4) is 0 Å². The zero-order valence-corrected chi connectivity index (χ0v) is 20.6. The monoisotopic (exact) mass is 527 g/mol. The van der Waals surface area contributed by atoms with Crippen LogP contribution in [0.25, 0.3) is 0 Å². The SMILES string of the molecule is Cc1ccc(C2[C@@H]3CCC(=O)N3CCN2C(=O)N(C)Cc2cc(C(F)(F)F)cc(C(F)(F)F)c2)c(C)c1. The zero-order chi connectivity index (χ0) is 27.3. The Morgan fingerprint density at radius 1 is 0.973 bits per heavy atom. The predicted molar refractivity (Wildman–Crippen MR) is 123 cm³/mol. The van der Waals surface area contributed by atoms with Crippen molar-refractivity contribution in [1.29, 1.82) is 0 Å². The number of nitrogens with zero attached hydrogens (tertiary/aromatic N) is 3. The number of halogens is 6. The summed E-state index contributed by atoms with van der Waals surface area (Å²) in [6, 6.07) is 5.85. The number of hydrogen-bond donors (Lipinski definition) is 0. The summed E-state index contributed by atoms with van der Waals surface area (Å²) in [6.45, 7) is 3.90. The number of hydrogen-bond acceptors (Lipinski definition) is 2. The van der Waals surface area contributed by atoms with Crippen LogP contribution < -0.4 is 0 Å². The van der Waals surface area contributed by atoms with Crippen molar-refractivity contribution in [1.82, 2.24) is 14.7 Å². The van der Waals surface area contributed by atoms with Crippen molar-refractivity contribution in [2.24, 2.45) is 0 Å². The number of fused-ring (bicyclic) bond motifs is 1. The van der Waals surface area contributed by atoms with E-state index in [0.29, 0.717) is 31.5 Å². The van der Waals surface area contributed by atoms with Crippen molar-refractivity contribution >= 4 is 11.9 Å². The minimum Gasteiger partial charge on any atom is -0.335 e. The highest BCUT2D eigenvalue weighted by atomic mass is 19.4. The second-order valence-corrected chi connectivity index (χ2v) is 9.74. The number of aryl methyl sites for hydroxylation is 2. The molecule has 37 heavy (non-hydrogen) atoms. The lowest BCUT2D eigenvalue weighted by Gasteiger charge is -2.46. The molecule has 1 unspecified atom stereocenters. The van der Waals surface area contributed by atoms with E-state index in [1.165, 1.54) is 7.05 Å². The molecular formula is C26H27F6N3O2. The van der Waals surface area contributed by atoms with Crippen LogP contribution in [0, 0.1) is 13.8 Å². The van der Waals surface area contributed by atoms with Crippen LogP contribution in [0.1, 0.15) is 52.3 Å². The van der Waals surface area contributed by atoms with E-state index >= 15 is 0 Å². The van der Waals surface area contributed by atoms with E-state index in [0.717, 1.165) is 21.6 Å². The fourth-order valence-corrected chi connectivity index (χ4v) is 5.36. The molecule has 0 aromatic heterocycles. The van der Waals surface area contributed by atoms with E-state index in [2.05, 4.69) is 0 Å². The number of urea groups is 1. The molecule has 0 aliphatic carbocycles. The van der Waals surface area contributed by atoms with Gasteiger partial charge in [0.15, 0.2) is 0 Å². The van der Waals surface area contributed by atoms with Gasteiger partial charge in [-0.1, -0.05) is 23.8 Å². The Morgan fingerprint density at radius 3 is 2.16 bits per heavy atom. The zero-order valence-electron chi connectivity index (χ0n) is 20.6. The summed E-state index contributed by atoms with van der Waals surface area (Å²) in [4.78, 5) is 30.5. The average molecular weight is 528 g/mol. The molecule has 3 amide bonds. The van der Waals surface area contributed by atoms with Gasteiger partial charge in [-0.05, 0) is 55.2 Å². The van der Waals surface area contributed by atoms with Gasteiger partial charge in [-0.3, -0.25) is 4.79 Å². The molecule has 0 spiro atoms. The van der Waals surface area contributed by atoms with Crippen LogP contribution in [0.15, 0.2) is 36.4 Å². The predicted octanol–water partition coefficient (Wildman–Crippen LogP) is 5.94. The van der Waals surface area contributed by atoms with Crippen molar-refractivity contribution in [2.75, 3.05) is 20.1 Å². The Bertz CT molecular complexity index is 1180. The highest BCUT2D eigenvalue weighted by molar-refractivity contribution is 5.81. The third-order valence-corrected chi connectivity index (χ3v) is 7.04. The fraction of sp³-hybridized carbons (Fsp3) is 0.462. The lowest BCUT2D eigenvalue weighted by atomic mass is 9.90. The summed E-state index contributed by atoms with van der Waals surface area (Å²) in [5.74, 6) is 0.00358. The van der Waals surface area contributed by atoms with E-state index in [-0.39, 0.29) is 30.1 Å². The Kier molecular flexibility index (Phi) is 6.94. The third-order valence-electron chi connectivity index (χ3n) is 7.04. The van der Waals surface area contributed by atoms with Gasteiger partial charge in [0.25, 0.3) is 0 Å². The Balaban J connectivity index is 1.66. The van der Waals surface area contributed by atoms with Gasteiger partial charge in [0.1, 0.15) is 0 Å². The second-order valence-electron chi connectivity index (χ2n) is 9.74. The van der Waals surface area contributed by atoms with E-state index < -0.39 is 42.1 Å². The van der Waals surface area contributed by atoms with Gasteiger partial charge in [0.2, 0.25) is 5.91 Å². The molecule has 0 saturated carbocycles. The van der Waals surface area contributed by atoms with Gasteiger partial charge < -0.3 is 14.7 Å². The van der Waals surface area contributed by atoms with Crippen LogP contribution in [0.3, 0.4) is 0 Å². The van der Waals surface area contributed by atoms with Crippen LogP contribution in [0.2, 0.25) is 0 Å². The molecule has 4 rings (SSSR count). The van der Waals surface area contributed by atoms with Gasteiger partial charge in [-0.25, -0.2) is 4.79 Å². The Labute approximate surface area is 210 Å². The highest BCUT2D eigenvalue weighted by Gasteiger charge is 2.46. The molecule has 2 saturated heterocycles. The van der Waals surface area contributed by atoms with E-state index in [1.807, 2.05) is 32.0 Å². The number of rotatable bonds is 3. The molecule has 2 aliphatic heterocycles. The quantitative estimate of drug-likeness (QED) is 0.464. The van der Waals surface area contributed by atoms with Gasteiger partial charge >= 0.3 is 18.4 Å². The van der Waals surface area contributed by atoms with Crippen molar-refractivity contribution in [2.45, 2.75) is 57.7 Å². The smallest absolute Gasteiger partial charge is 0.335 e. The first-order valence-corrected chi connectivity index (χ1v) is 11.8. The van der Waals surface area contributed by atoms with Crippen molar-refractivity contribution in [3.05, 3.63) is 69.8 Å². The second kappa shape index (κ2) is 9.57. The van der Waals surface area contributed by atoms with Crippen LogP contribution in [-0.4, -0.2) is 52.8 Å². The van der Waals surface area contributed by atoms with Crippen LogP contribution >= 0.6 is 0 Å². The van der Waals surface area contributed by atoms with Crippen LogP contribution in [0.5, 0.6) is 0 Å². The van der Waals surface area contributed by atoms with Crippen molar-refractivity contribution in [3.63, 3.8) is 0 Å². The number of carbonyl (C=O) groups excluding carboxylic acids is 2. The Morgan fingerprint density at radius 2 is 1.59 bits per heavy atom. The van der Waals surface area contributed by atoms with Gasteiger partial charge in [-0.15, -0.1) is 0 Å². The minimum atomic E-state index is -4.97. The molecule has 2 aliphatic rings. The first-order chi connectivity index (χ1) is 17.2. The average Bonchev–Trinajstić information content (AvgIpc) is 3.18. The van der Waals surface area contributed by atoms with Gasteiger partial charge in [-0.2, -0.15) is 26.3 Å². The summed E-state index contributed by atoms with van der Waals surface area (Å²) < 4.78 is 79.8. The number of benzene rings is 2. The number of piperazine rings is 1. The highest BCUT2D eigenvalue weighted by Crippen LogP contribution is 2.40. The maximum absolute atomic E-state index is 13.6. The first-order valence-electron chi connectivity index (χ1n) is 11.8. The first kappa shape index (κ1) is 26.8. The number of alkyl halides is 6. The molecule has 5 nitrogen and oxygen atoms in total. The summed E-state index contributed by atoms with van der Waals surface area (Å²) in [5.41, 5.74) is -0.324.